The van der Waals surface area contributed by atoms with Gasteiger partial charge in [-0.15, -0.1) is 0 Å². The van der Waals surface area contributed by atoms with Crippen molar-refractivity contribution >= 4 is 0 Å². The Balaban J connectivity index is 0.000000561. The summed E-state index contributed by atoms with van der Waals surface area (Å²) >= 11 is 0. The summed E-state index contributed by atoms with van der Waals surface area (Å²) in [6.45, 7) is 11.0. The van der Waals surface area contributed by atoms with Gasteiger partial charge in [0.25, 0.3) is 0 Å². The lowest BCUT2D eigenvalue weighted by Crippen LogP contribution is -2.33. The Kier molecular flexibility index (Phi) is 6.39. The van der Waals surface area contributed by atoms with E-state index in [9.17, 15) is 0 Å². The molecule has 0 aliphatic carbocycles. The summed E-state index contributed by atoms with van der Waals surface area (Å²) < 4.78 is 0. The van der Waals surface area contributed by atoms with Crippen LogP contribution in [0.15, 0.2) is 0 Å². The lowest BCUT2D eigenvalue weighted by Gasteiger charge is -2.19. The van der Waals surface area contributed by atoms with E-state index >= 15 is 0 Å². The van der Waals surface area contributed by atoms with Crippen molar-refractivity contribution in [2.45, 2.75) is 46.2 Å². The van der Waals surface area contributed by atoms with E-state index in [1.54, 1.807) is 0 Å². The molecule has 1 aliphatic heterocycles. The fourth-order valence-corrected chi connectivity index (χ4v) is 1.49. The maximum Gasteiger partial charge on any atom is 0.0204 e. The molecule has 1 heterocycles. The largest absolute Gasteiger partial charge is 0.316 e. The van der Waals surface area contributed by atoms with Crippen molar-refractivity contribution in [3.63, 3.8) is 0 Å². The molecule has 0 aromatic carbocycles. The van der Waals surface area contributed by atoms with Gasteiger partial charge in [-0.3, -0.25) is 4.90 Å². The molecule has 0 amide bonds. The first kappa shape index (κ1) is 11.9. The van der Waals surface area contributed by atoms with Crippen molar-refractivity contribution in [1.29, 1.82) is 0 Å². The molecule has 1 N–H and O–H groups in total. The van der Waals surface area contributed by atoms with Crippen LogP contribution >= 0.6 is 0 Å². The average molecular weight is 172 g/mol. The molecule has 2 nitrogen and oxygen atoms in total. The molecule has 1 saturated heterocycles. The molecule has 74 valence electrons. The zero-order valence-corrected chi connectivity index (χ0v) is 9.22. The number of likely N-dealkylation sites (tertiary alicyclic amines) is 1. The van der Waals surface area contributed by atoms with Crippen molar-refractivity contribution in [3.05, 3.63) is 0 Å². The van der Waals surface area contributed by atoms with Gasteiger partial charge in [-0.25, -0.2) is 0 Å². The summed E-state index contributed by atoms with van der Waals surface area (Å²) in [4.78, 5) is 2.52. The topological polar surface area (TPSA) is 15.3 Å². The van der Waals surface area contributed by atoms with Gasteiger partial charge in [0, 0.05) is 18.6 Å². The van der Waals surface area contributed by atoms with E-state index in [-0.39, 0.29) is 0 Å². The number of likely N-dealkylation sites (N-methyl/N-ethyl adjacent to an activating group) is 1. The Hall–Kier alpha value is -0.0800. The Labute approximate surface area is 77.3 Å². The maximum absolute atomic E-state index is 3.31. The molecular weight excluding hydrogens is 148 g/mol. The molecule has 0 aromatic heterocycles. The van der Waals surface area contributed by atoms with Crippen LogP contribution in [-0.4, -0.2) is 37.1 Å². The fourth-order valence-electron chi connectivity index (χ4n) is 1.49. The molecule has 0 bridgehead atoms. The second-order valence-electron chi connectivity index (χ2n) is 3.36. The lowest BCUT2D eigenvalue weighted by atomic mass is 10.3. The SMILES string of the molecule is CC.CNC1CCN(C(C)C)C1. The van der Waals surface area contributed by atoms with Crippen LogP contribution in [0.5, 0.6) is 0 Å². The second kappa shape index (κ2) is 6.44. The molecule has 0 radical (unpaired) electrons. The molecule has 1 aliphatic rings. The number of hydrogen-bond donors (Lipinski definition) is 1. The standard InChI is InChI=1S/C8H18N2.C2H6/c1-7(2)10-5-4-8(6-10)9-3;1-2/h7-9H,4-6H2,1-3H3;1-2H3. The Morgan fingerprint density at radius 1 is 1.33 bits per heavy atom. The number of hydrogen-bond acceptors (Lipinski definition) is 2. The highest BCUT2D eigenvalue weighted by atomic mass is 15.2. The normalized spacial score (nSPS) is 24.0. The number of nitrogens with one attached hydrogen (secondary N) is 1. The minimum atomic E-state index is 0.721. The van der Waals surface area contributed by atoms with Gasteiger partial charge in [0.15, 0.2) is 0 Å². The molecule has 0 saturated carbocycles. The summed E-state index contributed by atoms with van der Waals surface area (Å²) in [6.07, 6.45) is 1.31. The average Bonchev–Trinajstić information content (AvgIpc) is 2.55. The molecule has 1 atom stereocenters. The monoisotopic (exact) mass is 172 g/mol. The number of nitrogens with zero attached hydrogens (tertiary/aromatic N) is 1. The van der Waals surface area contributed by atoms with Gasteiger partial charge in [-0.05, 0) is 33.9 Å². The second-order valence-corrected chi connectivity index (χ2v) is 3.36. The minimum Gasteiger partial charge on any atom is -0.316 e. The van der Waals surface area contributed by atoms with Gasteiger partial charge in [0.1, 0.15) is 0 Å². The smallest absolute Gasteiger partial charge is 0.0204 e. The molecule has 2 heteroatoms. The third-order valence-corrected chi connectivity index (χ3v) is 2.36. The molecule has 0 spiro atoms. The fraction of sp³-hybridized carbons (Fsp3) is 1.00. The van der Waals surface area contributed by atoms with Crippen LogP contribution in [0, 0.1) is 0 Å². The Morgan fingerprint density at radius 3 is 2.17 bits per heavy atom. The zero-order valence-electron chi connectivity index (χ0n) is 9.22. The van der Waals surface area contributed by atoms with Gasteiger partial charge < -0.3 is 5.32 Å². The van der Waals surface area contributed by atoms with E-state index in [4.69, 9.17) is 0 Å². The third-order valence-electron chi connectivity index (χ3n) is 2.36. The lowest BCUT2D eigenvalue weighted by molar-refractivity contribution is 0.269. The van der Waals surface area contributed by atoms with Crippen LogP contribution < -0.4 is 5.32 Å². The molecule has 0 aromatic rings. The highest BCUT2D eigenvalue weighted by Gasteiger charge is 2.21. The summed E-state index contributed by atoms with van der Waals surface area (Å²) in [6, 6.07) is 1.46. The summed E-state index contributed by atoms with van der Waals surface area (Å²) in [5.74, 6) is 0. The first-order valence-electron chi connectivity index (χ1n) is 5.15. The van der Waals surface area contributed by atoms with E-state index in [1.807, 2.05) is 13.8 Å². The van der Waals surface area contributed by atoms with E-state index in [1.165, 1.54) is 19.5 Å². The van der Waals surface area contributed by atoms with Crippen LogP contribution in [0.2, 0.25) is 0 Å². The zero-order chi connectivity index (χ0) is 9.56. The highest BCUT2D eigenvalue weighted by molar-refractivity contribution is 4.81. The van der Waals surface area contributed by atoms with Gasteiger partial charge in [0.05, 0.1) is 0 Å². The molecule has 1 fully saturated rings. The summed E-state index contributed by atoms with van der Waals surface area (Å²) in [5.41, 5.74) is 0. The van der Waals surface area contributed by atoms with Crippen molar-refractivity contribution in [1.82, 2.24) is 10.2 Å². The summed E-state index contributed by atoms with van der Waals surface area (Å²) in [5, 5.41) is 3.31. The van der Waals surface area contributed by atoms with Crippen LogP contribution in [-0.2, 0) is 0 Å². The van der Waals surface area contributed by atoms with Crippen LogP contribution in [0.25, 0.3) is 0 Å². The quantitative estimate of drug-likeness (QED) is 0.682. The van der Waals surface area contributed by atoms with E-state index in [0.29, 0.717) is 0 Å². The van der Waals surface area contributed by atoms with Gasteiger partial charge in [0.2, 0.25) is 0 Å². The third kappa shape index (κ3) is 3.55. The minimum absolute atomic E-state index is 0.721. The molecule has 1 unspecified atom stereocenters. The van der Waals surface area contributed by atoms with Crippen LogP contribution in [0.3, 0.4) is 0 Å². The maximum atomic E-state index is 3.31. The van der Waals surface area contributed by atoms with Crippen LogP contribution in [0.4, 0.5) is 0 Å². The van der Waals surface area contributed by atoms with E-state index in [0.717, 1.165) is 12.1 Å². The molecular formula is C10H24N2. The van der Waals surface area contributed by atoms with Crippen molar-refractivity contribution in [2.75, 3.05) is 20.1 Å². The Morgan fingerprint density at radius 2 is 1.92 bits per heavy atom. The van der Waals surface area contributed by atoms with E-state index < -0.39 is 0 Å². The molecule has 1 rings (SSSR count). The van der Waals surface area contributed by atoms with Crippen molar-refractivity contribution in [3.8, 4) is 0 Å². The van der Waals surface area contributed by atoms with Gasteiger partial charge in [-0.2, -0.15) is 0 Å². The van der Waals surface area contributed by atoms with Gasteiger partial charge in [-0.1, -0.05) is 13.8 Å². The first-order chi connectivity index (χ1) is 5.74. The molecule has 12 heavy (non-hydrogen) atoms. The highest BCUT2D eigenvalue weighted by Crippen LogP contribution is 2.11. The number of rotatable bonds is 2. The van der Waals surface area contributed by atoms with E-state index in [2.05, 4.69) is 31.1 Å². The first-order valence-corrected chi connectivity index (χ1v) is 5.15. The van der Waals surface area contributed by atoms with Crippen LogP contribution in [0.1, 0.15) is 34.1 Å². The van der Waals surface area contributed by atoms with Crippen molar-refractivity contribution in [2.24, 2.45) is 0 Å². The summed E-state index contributed by atoms with van der Waals surface area (Å²) in [7, 11) is 2.05. The van der Waals surface area contributed by atoms with Gasteiger partial charge >= 0.3 is 0 Å². The predicted octanol–water partition coefficient (Wildman–Crippen LogP) is 1.71. The predicted molar refractivity (Wildman–Crippen MR) is 55.5 cm³/mol. The Bertz CT molecular complexity index is 102. The van der Waals surface area contributed by atoms with Crippen molar-refractivity contribution < 1.29 is 0 Å².